The number of nitro groups is 1. The Morgan fingerprint density at radius 2 is 2.33 bits per heavy atom. The minimum absolute atomic E-state index is 0.160. The molecule has 5 nitrogen and oxygen atoms in total. The van der Waals surface area contributed by atoms with Gasteiger partial charge in [0.15, 0.2) is 0 Å². The van der Waals surface area contributed by atoms with Crippen molar-refractivity contribution >= 4 is 18.4 Å². The van der Waals surface area contributed by atoms with Gasteiger partial charge in [0.05, 0.1) is 12.0 Å². The van der Waals surface area contributed by atoms with Gasteiger partial charge in [-0.05, 0) is 11.0 Å². The fourth-order valence-corrected chi connectivity index (χ4v) is 0.891. The molecule has 0 aliphatic carbocycles. The number of rotatable bonds is 2. The monoisotopic (exact) mass is 186 g/mol. The molecular weight excluding hydrogens is 180 g/mol. The summed E-state index contributed by atoms with van der Waals surface area (Å²) in [5.41, 5.74) is 0. The highest BCUT2D eigenvalue weighted by molar-refractivity contribution is 7.80. The quantitative estimate of drug-likeness (QED) is 0.429. The molecule has 1 rings (SSSR count). The zero-order valence-electron chi connectivity index (χ0n) is 6.22. The van der Waals surface area contributed by atoms with Crippen LogP contribution in [-0.4, -0.2) is 17.0 Å². The largest absolute Gasteiger partial charge is 0.462 e. The highest BCUT2D eigenvalue weighted by Crippen LogP contribution is 2.22. The molecule has 64 valence electrons. The summed E-state index contributed by atoms with van der Waals surface area (Å²) in [4.78, 5) is 13.7. The number of hydrogen-bond acceptors (Lipinski definition) is 5. The van der Waals surface area contributed by atoms with Gasteiger partial charge in [-0.2, -0.15) is 0 Å². The van der Waals surface area contributed by atoms with Crippen molar-refractivity contribution in [2.45, 2.75) is 4.90 Å². The number of thiol groups is 1. The van der Waals surface area contributed by atoms with Gasteiger partial charge in [-0.3, -0.25) is 0 Å². The van der Waals surface area contributed by atoms with Gasteiger partial charge in [0.1, 0.15) is 0 Å². The van der Waals surface area contributed by atoms with Crippen molar-refractivity contribution in [2.24, 2.45) is 0 Å². The number of hydrogen-bond donors (Lipinski definition) is 1. The third-order valence-corrected chi connectivity index (χ3v) is 1.55. The minimum atomic E-state index is -0.588. The summed E-state index contributed by atoms with van der Waals surface area (Å²) < 4.78 is 4.74. The van der Waals surface area contributed by atoms with Gasteiger partial charge < -0.3 is 14.9 Å². The Bertz CT molecular complexity index is 316. The van der Waals surface area contributed by atoms with Gasteiger partial charge in [0.25, 0.3) is 0 Å². The fraction of sp³-hybridized carbons (Fsp3) is 0.167. The van der Waals surface area contributed by atoms with E-state index in [1.165, 1.54) is 19.2 Å². The van der Waals surface area contributed by atoms with Crippen molar-refractivity contribution in [2.75, 3.05) is 7.11 Å². The third kappa shape index (κ3) is 1.65. The summed E-state index contributed by atoms with van der Waals surface area (Å²) in [5, 5.41) is 10.2. The summed E-state index contributed by atoms with van der Waals surface area (Å²) in [6.07, 6.45) is 0. The van der Waals surface area contributed by atoms with Crippen molar-refractivity contribution in [3.05, 3.63) is 22.2 Å². The predicted octanol–water partition coefficient (Wildman–Crippen LogP) is 1.29. The Morgan fingerprint density at radius 1 is 1.67 bits per heavy atom. The average Bonchev–Trinajstić information content (AvgIpc) is 2.05. The van der Waals surface area contributed by atoms with Crippen molar-refractivity contribution in [1.82, 2.24) is 4.98 Å². The Kier molecular flexibility index (Phi) is 2.49. The van der Waals surface area contributed by atoms with Crippen LogP contribution in [0.15, 0.2) is 17.0 Å². The number of pyridine rings is 1. The molecule has 0 saturated carbocycles. The maximum Gasteiger partial charge on any atom is 0.367 e. The zero-order chi connectivity index (χ0) is 9.14. The second kappa shape index (κ2) is 3.40. The topological polar surface area (TPSA) is 65.3 Å². The van der Waals surface area contributed by atoms with Crippen molar-refractivity contribution in [3.63, 3.8) is 0 Å². The van der Waals surface area contributed by atoms with Crippen LogP contribution in [0.3, 0.4) is 0 Å². The first-order chi connectivity index (χ1) is 5.65. The first-order valence-corrected chi connectivity index (χ1v) is 3.48. The van der Waals surface area contributed by atoms with E-state index in [1.54, 1.807) is 0 Å². The molecule has 0 spiro atoms. The molecule has 0 unspecified atom stereocenters. The van der Waals surface area contributed by atoms with E-state index < -0.39 is 4.92 Å². The molecule has 12 heavy (non-hydrogen) atoms. The van der Waals surface area contributed by atoms with Crippen LogP contribution >= 0.6 is 12.6 Å². The van der Waals surface area contributed by atoms with Crippen molar-refractivity contribution in [3.8, 4) is 5.88 Å². The lowest BCUT2D eigenvalue weighted by Gasteiger charge is -1.96. The smallest absolute Gasteiger partial charge is 0.367 e. The van der Waals surface area contributed by atoms with Gasteiger partial charge in [-0.25, -0.2) is 0 Å². The van der Waals surface area contributed by atoms with Crippen molar-refractivity contribution in [1.29, 1.82) is 0 Å². The Hall–Kier alpha value is -1.30. The molecule has 0 amide bonds. The molecule has 0 fully saturated rings. The lowest BCUT2D eigenvalue weighted by molar-refractivity contribution is -0.389. The van der Waals surface area contributed by atoms with Crippen LogP contribution in [-0.2, 0) is 0 Å². The van der Waals surface area contributed by atoms with E-state index >= 15 is 0 Å². The summed E-state index contributed by atoms with van der Waals surface area (Å²) in [6, 6.07) is 2.73. The van der Waals surface area contributed by atoms with E-state index in [-0.39, 0.29) is 11.7 Å². The first kappa shape index (κ1) is 8.79. The zero-order valence-corrected chi connectivity index (χ0v) is 7.12. The second-order valence-corrected chi connectivity index (χ2v) is 2.44. The average molecular weight is 186 g/mol. The lowest BCUT2D eigenvalue weighted by atomic mass is 10.4. The van der Waals surface area contributed by atoms with E-state index in [1.807, 2.05) is 0 Å². The number of methoxy groups -OCH3 is 1. The molecule has 6 heteroatoms. The predicted molar refractivity (Wildman–Crippen MR) is 44.7 cm³/mol. The molecule has 1 aromatic heterocycles. The Labute approximate surface area is 73.9 Å². The van der Waals surface area contributed by atoms with Gasteiger partial charge in [-0.15, -0.1) is 12.6 Å². The molecule has 0 bridgehead atoms. The molecule has 0 aliphatic heterocycles. The minimum Gasteiger partial charge on any atom is -0.462 e. The summed E-state index contributed by atoms with van der Waals surface area (Å²) >= 11 is 3.98. The number of nitrogens with zero attached hydrogens (tertiary/aromatic N) is 2. The third-order valence-electron chi connectivity index (χ3n) is 1.21. The summed E-state index contributed by atoms with van der Waals surface area (Å²) in [6.45, 7) is 0. The van der Waals surface area contributed by atoms with Crippen LogP contribution in [0.25, 0.3) is 0 Å². The molecule has 0 N–H and O–H groups in total. The lowest BCUT2D eigenvalue weighted by Crippen LogP contribution is -1.95. The Morgan fingerprint density at radius 3 is 2.83 bits per heavy atom. The SMILES string of the molecule is COc1nc([N+](=O)[O-])ccc1S. The van der Waals surface area contributed by atoms with E-state index in [0.717, 1.165) is 0 Å². The maximum absolute atomic E-state index is 10.2. The van der Waals surface area contributed by atoms with E-state index in [4.69, 9.17) is 4.74 Å². The molecule has 0 aliphatic rings. The molecule has 0 atom stereocenters. The standard InChI is InChI=1S/C6H6N2O3S/c1-11-6-4(12)2-3-5(7-6)8(9)10/h2-3,12H,1H3. The van der Waals surface area contributed by atoms with E-state index in [0.29, 0.717) is 4.90 Å². The van der Waals surface area contributed by atoms with Crippen LogP contribution in [0.1, 0.15) is 0 Å². The van der Waals surface area contributed by atoms with E-state index in [9.17, 15) is 10.1 Å². The number of aromatic nitrogens is 1. The van der Waals surface area contributed by atoms with Crippen LogP contribution in [0, 0.1) is 10.1 Å². The summed E-state index contributed by atoms with van der Waals surface area (Å²) in [5.74, 6) is -0.0859. The van der Waals surface area contributed by atoms with Crippen LogP contribution < -0.4 is 4.74 Å². The first-order valence-electron chi connectivity index (χ1n) is 3.03. The highest BCUT2D eigenvalue weighted by atomic mass is 32.1. The molecule has 0 aromatic carbocycles. The van der Waals surface area contributed by atoms with Gasteiger partial charge in [0, 0.05) is 11.1 Å². The molecule has 1 heterocycles. The van der Waals surface area contributed by atoms with Crippen LogP contribution in [0.4, 0.5) is 5.82 Å². The number of ether oxygens (including phenoxy) is 1. The van der Waals surface area contributed by atoms with Gasteiger partial charge in [-0.1, -0.05) is 0 Å². The van der Waals surface area contributed by atoms with Crippen LogP contribution in [0.5, 0.6) is 5.88 Å². The summed E-state index contributed by atoms with van der Waals surface area (Å²) in [7, 11) is 1.38. The fourth-order valence-electron chi connectivity index (χ4n) is 0.675. The Balaban J connectivity index is 3.13. The highest BCUT2D eigenvalue weighted by Gasteiger charge is 2.12. The van der Waals surface area contributed by atoms with Crippen molar-refractivity contribution < 1.29 is 9.66 Å². The molecule has 1 aromatic rings. The van der Waals surface area contributed by atoms with E-state index in [2.05, 4.69) is 17.6 Å². The van der Waals surface area contributed by atoms with Gasteiger partial charge >= 0.3 is 11.7 Å². The molecule has 0 radical (unpaired) electrons. The normalized spacial score (nSPS) is 9.50. The maximum atomic E-state index is 10.2. The van der Waals surface area contributed by atoms with Gasteiger partial charge in [0.2, 0.25) is 0 Å². The second-order valence-electron chi connectivity index (χ2n) is 1.95. The molecular formula is C6H6N2O3S. The molecule has 0 saturated heterocycles. The van der Waals surface area contributed by atoms with Crippen LogP contribution in [0.2, 0.25) is 0 Å².